The molecule has 0 rings (SSSR count). The Morgan fingerprint density at radius 3 is 2.20 bits per heavy atom. The average Bonchev–Trinajstić information content (AvgIpc) is 1.88. The van der Waals surface area contributed by atoms with Crippen LogP contribution in [0.4, 0.5) is 0 Å². The van der Waals surface area contributed by atoms with Crippen LogP contribution < -0.4 is 11.1 Å². The Balaban J connectivity index is 4.62. The summed E-state index contributed by atoms with van der Waals surface area (Å²) < 4.78 is 0. The minimum atomic E-state index is 0.384. The van der Waals surface area contributed by atoms with Crippen molar-refractivity contribution in [1.82, 2.24) is 5.32 Å². The maximum absolute atomic E-state index is 5.46. The van der Waals surface area contributed by atoms with E-state index >= 15 is 0 Å². The van der Waals surface area contributed by atoms with Crippen molar-refractivity contribution in [3.8, 4) is 0 Å². The molecule has 10 heavy (non-hydrogen) atoms. The average molecular weight is 139 g/mol. The Bertz CT molecular complexity index is 179. The van der Waals surface area contributed by atoms with E-state index in [4.69, 9.17) is 5.73 Å². The highest BCUT2D eigenvalue weighted by molar-refractivity contribution is 5.34. The van der Waals surface area contributed by atoms with Gasteiger partial charge >= 0.3 is 0 Å². The third-order valence-corrected chi connectivity index (χ3v) is 1.10. The molecule has 0 unspecified atom stereocenters. The summed E-state index contributed by atoms with van der Waals surface area (Å²) in [6, 6.07) is 0. The number of allylic oxidation sites excluding steroid dienone is 1. The van der Waals surface area contributed by atoms with Crippen LogP contribution >= 0.6 is 0 Å². The van der Waals surface area contributed by atoms with Gasteiger partial charge < -0.3 is 11.1 Å². The zero-order valence-corrected chi connectivity index (χ0v) is 6.44. The first-order valence-electron chi connectivity index (χ1n) is 2.93. The maximum atomic E-state index is 5.46. The van der Waals surface area contributed by atoms with Gasteiger partial charge in [-0.1, -0.05) is 6.58 Å². The smallest absolute Gasteiger partial charge is 0.146 e. The Hall–Kier alpha value is -1.25. The number of hydrogen-bond donors (Lipinski definition) is 2. The van der Waals surface area contributed by atoms with Gasteiger partial charge in [-0.25, -0.2) is 4.99 Å². The SMILES string of the molecule is C=N/C(N)=C(/NC)C(=C)C. The lowest BCUT2D eigenvalue weighted by atomic mass is 10.2. The molecular formula is C7H13N3. The predicted octanol–water partition coefficient (Wildman–Crippen LogP) is 0.610. The standard InChI is InChI=1S/C7H13N3/c1-5(2)6(9-3)7(8)10-4/h9H,1,4,8H2,2-3H3/b7-6+. The lowest BCUT2D eigenvalue weighted by molar-refractivity contribution is 0.954. The van der Waals surface area contributed by atoms with Crippen LogP contribution in [-0.2, 0) is 0 Å². The summed E-state index contributed by atoms with van der Waals surface area (Å²) in [5, 5.41) is 2.87. The molecule has 0 bridgehead atoms. The molecule has 0 amide bonds. The molecule has 0 spiro atoms. The third-order valence-electron chi connectivity index (χ3n) is 1.10. The molecule has 0 radical (unpaired) electrons. The van der Waals surface area contributed by atoms with E-state index in [0.717, 1.165) is 11.3 Å². The number of aliphatic imine (C=N–C) groups is 1. The Labute approximate surface area is 61.3 Å². The molecule has 0 atom stereocenters. The number of rotatable bonds is 3. The summed E-state index contributed by atoms with van der Waals surface area (Å²) in [5.41, 5.74) is 7.06. The molecule has 0 aliphatic heterocycles. The minimum absolute atomic E-state index is 0.384. The number of nitrogens with two attached hydrogens (primary N) is 1. The van der Waals surface area contributed by atoms with Crippen LogP contribution in [0.2, 0.25) is 0 Å². The van der Waals surface area contributed by atoms with Crippen molar-refractivity contribution in [2.75, 3.05) is 7.05 Å². The molecule has 0 aromatic carbocycles. The molecule has 56 valence electrons. The van der Waals surface area contributed by atoms with Crippen molar-refractivity contribution < 1.29 is 0 Å². The van der Waals surface area contributed by atoms with E-state index in [1.165, 1.54) is 0 Å². The summed E-state index contributed by atoms with van der Waals surface area (Å²) in [6.07, 6.45) is 0. The summed E-state index contributed by atoms with van der Waals surface area (Å²) in [7, 11) is 1.77. The summed E-state index contributed by atoms with van der Waals surface area (Å²) in [5.74, 6) is 0.384. The number of nitrogens with zero attached hydrogens (tertiary/aromatic N) is 1. The molecule has 0 saturated heterocycles. The summed E-state index contributed by atoms with van der Waals surface area (Å²) >= 11 is 0. The van der Waals surface area contributed by atoms with Crippen LogP contribution in [-0.4, -0.2) is 13.8 Å². The van der Waals surface area contributed by atoms with Crippen molar-refractivity contribution in [1.29, 1.82) is 0 Å². The van der Waals surface area contributed by atoms with Crippen molar-refractivity contribution >= 4 is 6.72 Å². The molecule has 0 aliphatic rings. The van der Waals surface area contributed by atoms with E-state index in [-0.39, 0.29) is 0 Å². The highest BCUT2D eigenvalue weighted by Gasteiger charge is 1.98. The molecule has 0 aliphatic carbocycles. The van der Waals surface area contributed by atoms with Crippen molar-refractivity contribution in [3.05, 3.63) is 23.7 Å². The highest BCUT2D eigenvalue weighted by atomic mass is 15.0. The largest absolute Gasteiger partial charge is 0.385 e. The van der Waals surface area contributed by atoms with Crippen LogP contribution in [0, 0.1) is 0 Å². The Morgan fingerprint density at radius 1 is 1.60 bits per heavy atom. The van der Waals surface area contributed by atoms with Crippen molar-refractivity contribution in [2.45, 2.75) is 6.92 Å². The molecule has 0 aromatic rings. The van der Waals surface area contributed by atoms with Crippen LogP contribution in [0.5, 0.6) is 0 Å². The van der Waals surface area contributed by atoms with Crippen LogP contribution in [0.1, 0.15) is 6.92 Å². The fourth-order valence-corrected chi connectivity index (χ4v) is 0.639. The second-order valence-corrected chi connectivity index (χ2v) is 1.95. The van der Waals surface area contributed by atoms with Crippen LogP contribution in [0.15, 0.2) is 28.7 Å². The van der Waals surface area contributed by atoms with Gasteiger partial charge in [0.1, 0.15) is 5.82 Å². The van der Waals surface area contributed by atoms with Gasteiger partial charge in [0.25, 0.3) is 0 Å². The topological polar surface area (TPSA) is 50.4 Å². The van der Waals surface area contributed by atoms with Gasteiger partial charge in [0.2, 0.25) is 0 Å². The summed E-state index contributed by atoms with van der Waals surface area (Å²) in [6.45, 7) is 8.86. The fraction of sp³-hybridized carbons (Fsp3) is 0.286. The molecule has 3 nitrogen and oxygen atoms in total. The first kappa shape index (κ1) is 8.75. The Morgan fingerprint density at radius 2 is 2.10 bits per heavy atom. The lowest BCUT2D eigenvalue weighted by Crippen LogP contribution is -2.13. The zero-order chi connectivity index (χ0) is 8.15. The van der Waals surface area contributed by atoms with Crippen LogP contribution in [0.25, 0.3) is 0 Å². The molecule has 0 fully saturated rings. The predicted molar refractivity (Wildman–Crippen MR) is 44.6 cm³/mol. The molecule has 0 aromatic heterocycles. The van der Waals surface area contributed by atoms with Crippen LogP contribution in [0.3, 0.4) is 0 Å². The number of nitrogens with one attached hydrogen (secondary N) is 1. The second-order valence-electron chi connectivity index (χ2n) is 1.95. The lowest BCUT2D eigenvalue weighted by Gasteiger charge is -2.06. The van der Waals surface area contributed by atoms with Gasteiger partial charge in [-0.15, -0.1) is 0 Å². The van der Waals surface area contributed by atoms with E-state index in [1.807, 2.05) is 6.92 Å². The molecule has 0 heterocycles. The van der Waals surface area contributed by atoms with Crippen molar-refractivity contribution in [3.63, 3.8) is 0 Å². The quantitative estimate of drug-likeness (QED) is 0.444. The van der Waals surface area contributed by atoms with Gasteiger partial charge in [-0.2, -0.15) is 0 Å². The highest BCUT2D eigenvalue weighted by Crippen LogP contribution is 2.04. The zero-order valence-electron chi connectivity index (χ0n) is 6.44. The van der Waals surface area contributed by atoms with E-state index < -0.39 is 0 Å². The number of likely N-dealkylation sites (N-methyl/N-ethyl adjacent to an activating group) is 1. The fourth-order valence-electron chi connectivity index (χ4n) is 0.639. The summed E-state index contributed by atoms with van der Waals surface area (Å²) in [4.78, 5) is 3.56. The monoisotopic (exact) mass is 139 g/mol. The van der Waals surface area contributed by atoms with Gasteiger partial charge in [0, 0.05) is 7.05 Å². The normalized spacial score (nSPS) is 11.8. The van der Waals surface area contributed by atoms with E-state index in [0.29, 0.717) is 5.82 Å². The maximum Gasteiger partial charge on any atom is 0.146 e. The van der Waals surface area contributed by atoms with Gasteiger partial charge in [-0.05, 0) is 19.2 Å². The van der Waals surface area contributed by atoms with Gasteiger partial charge in [0.15, 0.2) is 0 Å². The van der Waals surface area contributed by atoms with Gasteiger partial charge in [0.05, 0.1) is 5.70 Å². The van der Waals surface area contributed by atoms with E-state index in [1.54, 1.807) is 7.05 Å². The first-order chi connectivity index (χ1) is 4.63. The first-order valence-corrected chi connectivity index (χ1v) is 2.93. The molecule has 3 N–H and O–H groups in total. The van der Waals surface area contributed by atoms with E-state index in [2.05, 4.69) is 23.6 Å². The molecule has 3 heteroatoms. The minimum Gasteiger partial charge on any atom is -0.385 e. The third kappa shape index (κ3) is 1.93. The van der Waals surface area contributed by atoms with E-state index in [9.17, 15) is 0 Å². The molecule has 0 saturated carbocycles. The van der Waals surface area contributed by atoms with Crippen molar-refractivity contribution in [2.24, 2.45) is 10.7 Å². The van der Waals surface area contributed by atoms with Gasteiger partial charge in [-0.3, -0.25) is 0 Å². The number of hydrogen-bond acceptors (Lipinski definition) is 3. The second kappa shape index (κ2) is 3.71. The molecular weight excluding hydrogens is 126 g/mol. The Kier molecular flexibility index (Phi) is 3.25.